The molecule has 1 aromatic carbocycles. The van der Waals surface area contributed by atoms with Crippen LogP contribution in [0.4, 0.5) is 11.4 Å². The van der Waals surface area contributed by atoms with E-state index in [2.05, 4.69) is 5.32 Å². The van der Waals surface area contributed by atoms with Gasteiger partial charge in [0.15, 0.2) is 0 Å². The summed E-state index contributed by atoms with van der Waals surface area (Å²) < 4.78 is 0. The summed E-state index contributed by atoms with van der Waals surface area (Å²) in [7, 11) is 1.61. The van der Waals surface area contributed by atoms with Gasteiger partial charge in [-0.2, -0.15) is 0 Å². The molecule has 1 amide bonds. The normalized spacial score (nSPS) is 11.8. The molecule has 0 fully saturated rings. The second-order valence-corrected chi connectivity index (χ2v) is 4.88. The largest absolute Gasteiger partial charge is 0.393 e. The van der Waals surface area contributed by atoms with Crippen molar-refractivity contribution in [3.8, 4) is 0 Å². The molecule has 2 N–H and O–H groups in total. The van der Waals surface area contributed by atoms with Gasteiger partial charge in [-0.3, -0.25) is 14.9 Å². The highest BCUT2D eigenvalue weighted by Crippen LogP contribution is 2.26. The fraction of sp³-hybridized carbons (Fsp3) is 0.500. The van der Waals surface area contributed by atoms with Gasteiger partial charge in [-0.1, -0.05) is 0 Å². The van der Waals surface area contributed by atoms with Gasteiger partial charge in [-0.25, -0.2) is 0 Å². The van der Waals surface area contributed by atoms with Crippen molar-refractivity contribution in [3.05, 3.63) is 33.9 Å². The maximum atomic E-state index is 12.2. The van der Waals surface area contributed by atoms with E-state index in [1.54, 1.807) is 20.0 Å². The summed E-state index contributed by atoms with van der Waals surface area (Å²) in [5.41, 5.74) is 0.536. The Morgan fingerprint density at radius 2 is 2.19 bits per heavy atom. The van der Waals surface area contributed by atoms with E-state index in [4.69, 9.17) is 0 Å². The van der Waals surface area contributed by atoms with Gasteiger partial charge in [0.1, 0.15) is 5.69 Å². The Balaban J connectivity index is 2.95. The first kappa shape index (κ1) is 16.9. The summed E-state index contributed by atoms with van der Waals surface area (Å²) in [6, 6.07) is 4.38. The zero-order chi connectivity index (χ0) is 16.0. The maximum absolute atomic E-state index is 12.2. The first-order valence-electron chi connectivity index (χ1n) is 6.82. The van der Waals surface area contributed by atoms with Crippen LogP contribution in [0.1, 0.15) is 30.6 Å². The van der Waals surface area contributed by atoms with Gasteiger partial charge in [0, 0.05) is 31.8 Å². The van der Waals surface area contributed by atoms with Gasteiger partial charge in [0.2, 0.25) is 0 Å². The number of nitro benzene ring substituents is 1. The van der Waals surface area contributed by atoms with Crippen LogP contribution >= 0.6 is 0 Å². The predicted molar refractivity (Wildman–Crippen MR) is 80.5 cm³/mol. The van der Waals surface area contributed by atoms with Crippen LogP contribution in [0, 0.1) is 10.1 Å². The second kappa shape index (κ2) is 7.58. The van der Waals surface area contributed by atoms with E-state index in [0.29, 0.717) is 25.2 Å². The molecular formula is C14H21N3O4. The molecule has 1 rings (SSSR count). The lowest BCUT2D eigenvalue weighted by atomic mass is 10.1. The molecule has 0 aromatic heterocycles. The fourth-order valence-electron chi connectivity index (χ4n) is 1.86. The first-order chi connectivity index (χ1) is 9.86. The Morgan fingerprint density at radius 3 is 2.71 bits per heavy atom. The zero-order valence-corrected chi connectivity index (χ0v) is 12.5. The van der Waals surface area contributed by atoms with Crippen molar-refractivity contribution in [2.75, 3.05) is 25.5 Å². The summed E-state index contributed by atoms with van der Waals surface area (Å²) >= 11 is 0. The molecule has 7 heteroatoms. The van der Waals surface area contributed by atoms with Gasteiger partial charge in [0.05, 0.1) is 11.0 Å². The number of anilines is 1. The number of carbonyl (C=O) groups excluding carboxylic acids is 1. The third kappa shape index (κ3) is 4.71. The Labute approximate surface area is 123 Å². The van der Waals surface area contributed by atoms with Crippen molar-refractivity contribution in [1.29, 1.82) is 0 Å². The topological polar surface area (TPSA) is 95.7 Å². The molecule has 0 aliphatic heterocycles. The Hall–Kier alpha value is -2.15. The van der Waals surface area contributed by atoms with Crippen molar-refractivity contribution >= 4 is 17.3 Å². The highest BCUT2D eigenvalue weighted by atomic mass is 16.6. The quantitative estimate of drug-likeness (QED) is 0.591. The first-order valence-corrected chi connectivity index (χ1v) is 6.82. The molecular weight excluding hydrogens is 274 g/mol. The third-order valence-electron chi connectivity index (χ3n) is 3.04. The summed E-state index contributed by atoms with van der Waals surface area (Å²) in [4.78, 5) is 24.2. The average Bonchev–Trinajstić information content (AvgIpc) is 2.44. The van der Waals surface area contributed by atoms with E-state index in [-0.39, 0.29) is 17.2 Å². The van der Waals surface area contributed by atoms with Crippen molar-refractivity contribution < 1.29 is 14.8 Å². The molecule has 21 heavy (non-hydrogen) atoms. The Morgan fingerprint density at radius 1 is 1.52 bits per heavy atom. The molecule has 0 bridgehead atoms. The van der Waals surface area contributed by atoms with E-state index in [1.807, 2.05) is 6.92 Å². The molecule has 1 unspecified atom stereocenters. The maximum Gasteiger partial charge on any atom is 0.293 e. The van der Waals surface area contributed by atoms with Crippen LogP contribution in [-0.2, 0) is 0 Å². The van der Waals surface area contributed by atoms with Crippen LogP contribution in [-0.4, -0.2) is 47.1 Å². The fourth-order valence-corrected chi connectivity index (χ4v) is 1.86. The number of hydrogen-bond acceptors (Lipinski definition) is 5. The number of nitro groups is 1. The minimum absolute atomic E-state index is 0.119. The van der Waals surface area contributed by atoms with Gasteiger partial charge in [-0.05, 0) is 32.4 Å². The Kier molecular flexibility index (Phi) is 6.10. The number of aliphatic hydroxyl groups is 1. The molecule has 1 aromatic rings. The van der Waals surface area contributed by atoms with Crippen LogP contribution in [0.5, 0.6) is 0 Å². The third-order valence-corrected chi connectivity index (χ3v) is 3.04. The SMILES string of the molecule is CCNc1ccc(C(=O)N(C)CCC(C)O)cc1[N+](=O)[O-]. The highest BCUT2D eigenvalue weighted by Gasteiger charge is 2.19. The smallest absolute Gasteiger partial charge is 0.293 e. The molecule has 0 radical (unpaired) electrons. The monoisotopic (exact) mass is 295 g/mol. The number of benzene rings is 1. The highest BCUT2D eigenvalue weighted by molar-refractivity contribution is 5.95. The van der Waals surface area contributed by atoms with E-state index in [9.17, 15) is 20.0 Å². The van der Waals surface area contributed by atoms with Gasteiger partial charge in [-0.15, -0.1) is 0 Å². The Bertz CT molecular complexity index is 517. The number of nitrogens with one attached hydrogen (secondary N) is 1. The van der Waals surface area contributed by atoms with Crippen LogP contribution in [0.2, 0.25) is 0 Å². The number of amides is 1. The summed E-state index contributed by atoms with van der Waals surface area (Å²) in [5, 5.41) is 23.2. The lowest BCUT2D eigenvalue weighted by Crippen LogP contribution is -2.29. The minimum atomic E-state index is -0.509. The predicted octanol–water partition coefficient (Wildman–Crippen LogP) is 1.87. The van der Waals surface area contributed by atoms with Crippen molar-refractivity contribution in [2.24, 2.45) is 0 Å². The number of hydrogen-bond donors (Lipinski definition) is 2. The van der Waals surface area contributed by atoms with E-state index in [0.717, 1.165) is 0 Å². The standard InChI is InChI=1S/C14H21N3O4/c1-4-15-12-6-5-11(9-13(12)17(20)21)14(19)16(3)8-7-10(2)18/h5-6,9-10,15,18H,4,7-8H2,1-3H3. The number of nitrogens with zero attached hydrogens (tertiary/aromatic N) is 2. The van der Waals surface area contributed by atoms with Crippen LogP contribution in [0.25, 0.3) is 0 Å². The molecule has 0 spiro atoms. The van der Waals surface area contributed by atoms with Gasteiger partial charge < -0.3 is 15.3 Å². The van der Waals surface area contributed by atoms with Gasteiger partial charge >= 0.3 is 0 Å². The minimum Gasteiger partial charge on any atom is -0.393 e. The summed E-state index contributed by atoms with van der Waals surface area (Å²) in [5.74, 6) is -0.304. The van der Waals surface area contributed by atoms with Crippen molar-refractivity contribution in [1.82, 2.24) is 4.90 Å². The van der Waals surface area contributed by atoms with E-state index in [1.165, 1.54) is 17.0 Å². The van der Waals surface area contributed by atoms with Crippen LogP contribution in [0.3, 0.4) is 0 Å². The second-order valence-electron chi connectivity index (χ2n) is 4.88. The molecule has 0 aliphatic rings. The molecule has 0 saturated heterocycles. The number of aliphatic hydroxyl groups excluding tert-OH is 1. The molecule has 0 aliphatic carbocycles. The summed E-state index contributed by atoms with van der Waals surface area (Å²) in [6.45, 7) is 4.43. The van der Waals surface area contributed by atoms with Crippen LogP contribution in [0.15, 0.2) is 18.2 Å². The van der Waals surface area contributed by atoms with E-state index >= 15 is 0 Å². The lowest BCUT2D eigenvalue weighted by Gasteiger charge is -2.18. The number of rotatable bonds is 7. The average molecular weight is 295 g/mol. The molecule has 0 saturated carbocycles. The lowest BCUT2D eigenvalue weighted by molar-refractivity contribution is -0.384. The molecule has 116 valence electrons. The summed E-state index contributed by atoms with van der Waals surface area (Å²) in [6.07, 6.45) is -0.0366. The van der Waals surface area contributed by atoms with Crippen LogP contribution < -0.4 is 5.32 Å². The molecule has 0 heterocycles. The molecule has 1 atom stereocenters. The van der Waals surface area contributed by atoms with Crippen molar-refractivity contribution in [3.63, 3.8) is 0 Å². The zero-order valence-electron chi connectivity index (χ0n) is 12.5. The van der Waals surface area contributed by atoms with Crippen molar-refractivity contribution in [2.45, 2.75) is 26.4 Å². The van der Waals surface area contributed by atoms with E-state index < -0.39 is 11.0 Å². The van der Waals surface area contributed by atoms with Gasteiger partial charge in [0.25, 0.3) is 11.6 Å². The molecule has 7 nitrogen and oxygen atoms in total. The number of carbonyl (C=O) groups is 1.